The molecule has 1 aromatic carbocycles. The van der Waals surface area contributed by atoms with Crippen molar-refractivity contribution in [2.45, 2.75) is 44.7 Å². The van der Waals surface area contributed by atoms with Crippen molar-refractivity contribution in [1.29, 1.82) is 0 Å². The average molecular weight is 357 g/mol. The van der Waals surface area contributed by atoms with Crippen LogP contribution in [-0.2, 0) is 0 Å². The van der Waals surface area contributed by atoms with E-state index < -0.39 is 0 Å². The summed E-state index contributed by atoms with van der Waals surface area (Å²) in [6, 6.07) is 8.23. The Morgan fingerprint density at radius 1 is 1.24 bits per heavy atom. The van der Waals surface area contributed by atoms with Crippen molar-refractivity contribution >= 4 is 34.9 Å². The molecule has 0 spiro atoms. The highest BCUT2D eigenvalue weighted by molar-refractivity contribution is 6.34. The van der Waals surface area contributed by atoms with Gasteiger partial charge in [0.1, 0.15) is 18.0 Å². The second-order valence-electron chi connectivity index (χ2n) is 6.60. The number of guanidine groups is 1. The molecule has 2 aromatic rings. The van der Waals surface area contributed by atoms with Gasteiger partial charge in [-0.15, -0.1) is 0 Å². The summed E-state index contributed by atoms with van der Waals surface area (Å²) in [4.78, 5) is 15.5. The molecule has 0 radical (unpaired) electrons. The number of nitrogens with zero attached hydrogens (tertiary/aromatic N) is 4. The number of para-hydroxylation sites is 1. The van der Waals surface area contributed by atoms with Crippen molar-refractivity contribution in [3.05, 3.63) is 41.2 Å². The Hall–Kier alpha value is -2.34. The summed E-state index contributed by atoms with van der Waals surface area (Å²) >= 11 is 6.40. The molecule has 3 N–H and O–H groups in total. The SMILES string of the molecule is Cc1cccc(Cl)c1NC1=NC2CCCCC2N1c1cc(N)ncn1. The van der Waals surface area contributed by atoms with Gasteiger partial charge in [-0.3, -0.25) is 4.90 Å². The number of hydrogen-bond acceptors (Lipinski definition) is 6. The number of fused-ring (bicyclic) bond motifs is 1. The first-order chi connectivity index (χ1) is 12.1. The van der Waals surface area contributed by atoms with E-state index in [-0.39, 0.29) is 6.04 Å². The molecule has 1 aromatic heterocycles. The minimum absolute atomic E-state index is 0.273. The minimum Gasteiger partial charge on any atom is -0.384 e. The molecule has 0 saturated heterocycles. The van der Waals surface area contributed by atoms with Crippen molar-refractivity contribution < 1.29 is 0 Å². The van der Waals surface area contributed by atoms with E-state index in [0.29, 0.717) is 16.9 Å². The molecule has 4 rings (SSSR count). The van der Waals surface area contributed by atoms with Gasteiger partial charge < -0.3 is 11.1 Å². The lowest BCUT2D eigenvalue weighted by atomic mass is 9.91. The van der Waals surface area contributed by atoms with Crippen LogP contribution in [0, 0.1) is 6.92 Å². The number of rotatable bonds is 2. The zero-order valence-electron chi connectivity index (χ0n) is 14.1. The molecule has 1 aliphatic heterocycles. The minimum atomic E-state index is 0.273. The highest BCUT2D eigenvalue weighted by Crippen LogP contribution is 2.35. The van der Waals surface area contributed by atoms with Gasteiger partial charge in [0.2, 0.25) is 5.96 Å². The molecule has 6 nitrogen and oxygen atoms in total. The summed E-state index contributed by atoms with van der Waals surface area (Å²) in [7, 11) is 0. The van der Waals surface area contributed by atoms with Crippen molar-refractivity contribution in [2.24, 2.45) is 4.99 Å². The van der Waals surface area contributed by atoms with Crippen LogP contribution in [0.1, 0.15) is 31.2 Å². The first kappa shape index (κ1) is 16.1. The second-order valence-corrected chi connectivity index (χ2v) is 7.01. The van der Waals surface area contributed by atoms with E-state index in [9.17, 15) is 0 Å². The fraction of sp³-hybridized carbons (Fsp3) is 0.389. The summed E-state index contributed by atoms with van der Waals surface area (Å²) < 4.78 is 0. The molecular weight excluding hydrogens is 336 g/mol. The van der Waals surface area contributed by atoms with Gasteiger partial charge in [0, 0.05) is 6.07 Å². The maximum Gasteiger partial charge on any atom is 0.204 e. The Kier molecular flexibility index (Phi) is 4.21. The van der Waals surface area contributed by atoms with Gasteiger partial charge >= 0.3 is 0 Å². The Morgan fingerprint density at radius 3 is 2.88 bits per heavy atom. The molecule has 1 fully saturated rings. The first-order valence-electron chi connectivity index (χ1n) is 8.60. The quantitative estimate of drug-likeness (QED) is 0.859. The van der Waals surface area contributed by atoms with Crippen LogP contribution in [-0.4, -0.2) is 28.0 Å². The Labute approximate surface area is 152 Å². The Bertz CT molecular complexity index is 801. The molecule has 2 atom stereocenters. The van der Waals surface area contributed by atoms with Crippen LogP contribution in [0.4, 0.5) is 17.3 Å². The monoisotopic (exact) mass is 356 g/mol. The summed E-state index contributed by atoms with van der Waals surface area (Å²) in [6.07, 6.45) is 6.09. The topological polar surface area (TPSA) is 79.4 Å². The molecule has 2 heterocycles. The van der Waals surface area contributed by atoms with Crippen LogP contribution in [0.15, 0.2) is 35.6 Å². The van der Waals surface area contributed by atoms with Crippen LogP contribution in [0.25, 0.3) is 0 Å². The maximum absolute atomic E-state index is 6.40. The molecule has 0 bridgehead atoms. The van der Waals surface area contributed by atoms with E-state index in [0.717, 1.165) is 35.9 Å². The zero-order valence-corrected chi connectivity index (χ0v) is 14.9. The first-order valence-corrected chi connectivity index (χ1v) is 8.98. The fourth-order valence-corrected chi connectivity index (χ4v) is 3.96. The van der Waals surface area contributed by atoms with E-state index in [1.807, 2.05) is 25.1 Å². The highest BCUT2D eigenvalue weighted by atomic mass is 35.5. The van der Waals surface area contributed by atoms with E-state index in [4.69, 9.17) is 22.3 Å². The lowest BCUT2D eigenvalue weighted by Gasteiger charge is -2.32. The number of aryl methyl sites for hydroxylation is 1. The van der Waals surface area contributed by atoms with Gasteiger partial charge in [-0.25, -0.2) is 15.0 Å². The van der Waals surface area contributed by atoms with Gasteiger partial charge in [0.05, 0.1) is 22.8 Å². The summed E-state index contributed by atoms with van der Waals surface area (Å²) in [6.45, 7) is 2.03. The highest BCUT2D eigenvalue weighted by Gasteiger charge is 2.39. The number of benzene rings is 1. The molecule has 2 aliphatic rings. The van der Waals surface area contributed by atoms with Gasteiger partial charge in [-0.05, 0) is 31.4 Å². The Balaban J connectivity index is 1.73. The fourth-order valence-electron chi connectivity index (χ4n) is 3.69. The number of nitrogen functional groups attached to an aromatic ring is 1. The van der Waals surface area contributed by atoms with E-state index in [2.05, 4.69) is 20.2 Å². The zero-order chi connectivity index (χ0) is 17.4. The smallest absolute Gasteiger partial charge is 0.204 e. The number of anilines is 3. The second kappa shape index (κ2) is 6.52. The molecule has 7 heteroatoms. The van der Waals surface area contributed by atoms with Crippen molar-refractivity contribution in [2.75, 3.05) is 16.0 Å². The number of aliphatic imine (C=N–C) groups is 1. The largest absolute Gasteiger partial charge is 0.384 e. The number of nitrogens with one attached hydrogen (secondary N) is 1. The molecule has 130 valence electrons. The molecular formula is C18H21ClN6. The van der Waals surface area contributed by atoms with Gasteiger partial charge in [-0.1, -0.05) is 36.6 Å². The van der Waals surface area contributed by atoms with E-state index in [1.54, 1.807) is 6.07 Å². The summed E-state index contributed by atoms with van der Waals surface area (Å²) in [5, 5.41) is 4.12. The predicted octanol–water partition coefficient (Wildman–Crippen LogP) is 3.62. The molecule has 2 unspecified atom stereocenters. The third kappa shape index (κ3) is 3.02. The number of nitrogens with two attached hydrogens (primary N) is 1. The average Bonchev–Trinajstić information content (AvgIpc) is 2.96. The van der Waals surface area contributed by atoms with Crippen LogP contribution in [0.3, 0.4) is 0 Å². The van der Waals surface area contributed by atoms with Crippen molar-refractivity contribution in [3.8, 4) is 0 Å². The summed E-state index contributed by atoms with van der Waals surface area (Å²) in [5.74, 6) is 2.02. The third-order valence-electron chi connectivity index (χ3n) is 4.92. The van der Waals surface area contributed by atoms with Crippen molar-refractivity contribution in [1.82, 2.24) is 9.97 Å². The van der Waals surface area contributed by atoms with E-state index >= 15 is 0 Å². The maximum atomic E-state index is 6.40. The predicted molar refractivity (Wildman–Crippen MR) is 102 cm³/mol. The van der Waals surface area contributed by atoms with Crippen LogP contribution in [0.5, 0.6) is 0 Å². The van der Waals surface area contributed by atoms with Gasteiger partial charge in [0.15, 0.2) is 0 Å². The number of aromatic nitrogens is 2. The van der Waals surface area contributed by atoms with Gasteiger partial charge in [0.25, 0.3) is 0 Å². The molecule has 1 saturated carbocycles. The molecule has 0 amide bonds. The van der Waals surface area contributed by atoms with Gasteiger partial charge in [-0.2, -0.15) is 0 Å². The van der Waals surface area contributed by atoms with Crippen molar-refractivity contribution in [3.63, 3.8) is 0 Å². The standard InChI is InChI=1S/C18H21ClN6/c1-11-5-4-6-12(19)17(11)24-18-23-13-7-2-3-8-14(13)25(18)16-9-15(20)21-10-22-16/h4-6,9-10,13-14H,2-3,7-8H2,1H3,(H,23,24)(H2,20,21,22). The normalized spacial score (nSPS) is 22.5. The van der Waals surface area contributed by atoms with E-state index in [1.165, 1.54) is 19.2 Å². The Morgan fingerprint density at radius 2 is 2.08 bits per heavy atom. The number of hydrogen-bond donors (Lipinski definition) is 2. The lowest BCUT2D eigenvalue weighted by Crippen LogP contribution is -2.44. The third-order valence-corrected chi connectivity index (χ3v) is 5.24. The lowest BCUT2D eigenvalue weighted by molar-refractivity contribution is 0.404. The van der Waals surface area contributed by atoms with Crippen LogP contribution in [0.2, 0.25) is 5.02 Å². The van der Waals surface area contributed by atoms with Crippen LogP contribution < -0.4 is 16.0 Å². The van der Waals surface area contributed by atoms with Crippen LogP contribution >= 0.6 is 11.6 Å². The molecule has 1 aliphatic carbocycles. The number of halogens is 1. The molecule has 25 heavy (non-hydrogen) atoms. The summed E-state index contributed by atoms with van der Waals surface area (Å²) in [5.41, 5.74) is 7.84.